The number of hydrogen-bond acceptors (Lipinski definition) is 4. The zero-order chi connectivity index (χ0) is 26.8. The van der Waals surface area contributed by atoms with Crippen molar-refractivity contribution >= 4 is 40.2 Å². The van der Waals surface area contributed by atoms with E-state index in [-0.39, 0.29) is 36.7 Å². The second-order valence-electron chi connectivity index (χ2n) is 10.4. The first-order valence-corrected chi connectivity index (χ1v) is 13.9. The van der Waals surface area contributed by atoms with Gasteiger partial charge < -0.3 is 14.9 Å². The summed E-state index contributed by atoms with van der Waals surface area (Å²) in [5.41, 5.74) is 3.40. The molecule has 1 aliphatic heterocycles. The summed E-state index contributed by atoms with van der Waals surface area (Å²) >= 11 is 6.02. The summed E-state index contributed by atoms with van der Waals surface area (Å²) in [5, 5.41) is 11.1. The van der Waals surface area contributed by atoms with Gasteiger partial charge in [-0.3, -0.25) is 19.0 Å². The molecule has 2 aliphatic rings. The van der Waals surface area contributed by atoms with Crippen LogP contribution in [0, 0.1) is 12.8 Å². The van der Waals surface area contributed by atoms with Gasteiger partial charge in [0.1, 0.15) is 0 Å². The number of carbonyl (C=O) groups excluding carboxylic acids is 3. The highest BCUT2D eigenvalue weighted by Gasteiger charge is 2.30. The third-order valence-corrected chi connectivity index (χ3v) is 8.35. The van der Waals surface area contributed by atoms with Gasteiger partial charge in [-0.1, -0.05) is 36.9 Å². The third-order valence-electron chi connectivity index (χ3n) is 8.10. The zero-order valence-corrected chi connectivity index (χ0v) is 22.5. The monoisotopic (exact) mass is 535 g/mol. The van der Waals surface area contributed by atoms with Crippen molar-refractivity contribution in [3.63, 3.8) is 0 Å². The predicted molar refractivity (Wildman–Crippen MR) is 147 cm³/mol. The van der Waals surface area contributed by atoms with Crippen LogP contribution in [0.15, 0.2) is 42.5 Å². The van der Waals surface area contributed by atoms with E-state index in [0.29, 0.717) is 48.0 Å². The summed E-state index contributed by atoms with van der Waals surface area (Å²) in [7, 11) is 0. The molecule has 1 saturated heterocycles. The molecule has 38 heavy (non-hydrogen) atoms. The van der Waals surface area contributed by atoms with Crippen LogP contribution in [0.4, 0.5) is 0 Å². The number of halogens is 1. The first-order valence-electron chi connectivity index (χ1n) is 13.5. The van der Waals surface area contributed by atoms with Gasteiger partial charge >= 0.3 is 0 Å². The number of hydrogen-bond donors (Lipinski definition) is 1. The lowest BCUT2D eigenvalue weighted by Gasteiger charge is -2.37. The number of rotatable bonds is 5. The highest BCUT2D eigenvalue weighted by molar-refractivity contribution is 6.30. The predicted octanol–water partition coefficient (Wildman–Crippen LogP) is 4.58. The van der Waals surface area contributed by atoms with Crippen molar-refractivity contribution in [2.45, 2.75) is 52.1 Å². The molecule has 1 aliphatic carbocycles. The van der Waals surface area contributed by atoms with Crippen LogP contribution in [0.2, 0.25) is 5.02 Å². The van der Waals surface area contributed by atoms with Crippen LogP contribution in [-0.2, 0) is 22.6 Å². The molecule has 0 radical (unpaired) electrons. The maximum atomic E-state index is 13.5. The normalized spacial score (nSPS) is 16.7. The Morgan fingerprint density at radius 1 is 0.921 bits per heavy atom. The van der Waals surface area contributed by atoms with Crippen molar-refractivity contribution in [1.82, 2.24) is 14.4 Å². The smallest absolute Gasteiger partial charge is 0.262 e. The molecule has 0 spiro atoms. The Hall–Kier alpha value is -3.16. The summed E-state index contributed by atoms with van der Waals surface area (Å²) in [6, 6.07) is 12.2. The van der Waals surface area contributed by atoms with Gasteiger partial charge in [-0.05, 0) is 67.3 Å². The van der Waals surface area contributed by atoms with E-state index in [1.165, 1.54) is 6.42 Å². The van der Waals surface area contributed by atoms with Crippen molar-refractivity contribution in [1.29, 1.82) is 0 Å². The van der Waals surface area contributed by atoms with Gasteiger partial charge in [-0.2, -0.15) is 0 Å². The van der Waals surface area contributed by atoms with Crippen LogP contribution >= 0.6 is 11.6 Å². The largest absolute Gasteiger partial charge is 0.392 e. The minimum Gasteiger partial charge on any atom is -0.392 e. The van der Waals surface area contributed by atoms with Gasteiger partial charge in [0.05, 0.1) is 18.5 Å². The zero-order valence-electron chi connectivity index (χ0n) is 21.8. The SMILES string of the molecule is Cc1c(CC(=O)N2CCN(C(=O)C3CCCCC3)CC2)c2cc(CO)ccc2n1C(=O)c1ccc(Cl)cc1. The van der Waals surface area contributed by atoms with Crippen molar-refractivity contribution in [2.75, 3.05) is 26.2 Å². The lowest BCUT2D eigenvalue weighted by atomic mass is 9.88. The number of carbonyl (C=O) groups is 3. The Kier molecular flexibility index (Phi) is 7.86. The number of amides is 2. The lowest BCUT2D eigenvalue weighted by molar-refractivity contribution is -0.142. The molecule has 2 aromatic carbocycles. The summed E-state index contributed by atoms with van der Waals surface area (Å²) in [6.45, 7) is 3.88. The average Bonchev–Trinajstić information content (AvgIpc) is 3.23. The van der Waals surface area contributed by atoms with Crippen LogP contribution in [0.5, 0.6) is 0 Å². The van der Waals surface area contributed by atoms with Crippen LogP contribution in [0.3, 0.4) is 0 Å². The van der Waals surface area contributed by atoms with Crippen LogP contribution in [0.25, 0.3) is 10.9 Å². The molecular weight excluding hydrogens is 502 g/mol. The highest BCUT2D eigenvalue weighted by atomic mass is 35.5. The number of nitrogens with zero attached hydrogens (tertiary/aromatic N) is 3. The second-order valence-corrected chi connectivity index (χ2v) is 10.9. The Balaban J connectivity index is 1.36. The second kappa shape index (κ2) is 11.3. The summed E-state index contributed by atoms with van der Waals surface area (Å²) < 4.78 is 1.64. The molecule has 7 nitrogen and oxygen atoms in total. The van der Waals surface area contributed by atoms with Gasteiger partial charge in [0.2, 0.25) is 11.8 Å². The van der Waals surface area contributed by atoms with E-state index >= 15 is 0 Å². The molecule has 1 N–H and O–H groups in total. The quantitative estimate of drug-likeness (QED) is 0.518. The van der Waals surface area contributed by atoms with Crippen LogP contribution in [0.1, 0.15) is 59.3 Å². The number of aliphatic hydroxyl groups excluding tert-OH is 1. The van der Waals surface area contributed by atoms with Gasteiger partial charge in [-0.25, -0.2) is 0 Å². The Morgan fingerprint density at radius 2 is 1.58 bits per heavy atom. The fourth-order valence-electron chi connectivity index (χ4n) is 5.88. The maximum Gasteiger partial charge on any atom is 0.262 e. The molecule has 2 heterocycles. The number of piperazine rings is 1. The maximum absolute atomic E-state index is 13.5. The minimum absolute atomic E-state index is 0.0229. The van der Waals surface area contributed by atoms with Crippen molar-refractivity contribution in [2.24, 2.45) is 5.92 Å². The van der Waals surface area contributed by atoms with Crippen LogP contribution in [-0.4, -0.2) is 63.4 Å². The molecular formula is C30H34ClN3O4. The van der Waals surface area contributed by atoms with Crippen molar-refractivity contribution in [3.8, 4) is 0 Å². The van der Waals surface area contributed by atoms with Crippen molar-refractivity contribution < 1.29 is 19.5 Å². The number of aromatic nitrogens is 1. The molecule has 0 unspecified atom stereocenters. The number of benzene rings is 2. The molecule has 1 aromatic heterocycles. The standard InChI is InChI=1S/C30H34ClN3O4/c1-20-25(18-28(36)32-13-15-33(16-14-32)29(37)22-5-3-2-4-6-22)26-17-21(19-35)7-12-27(26)34(20)30(38)23-8-10-24(31)11-9-23/h7-12,17,22,35H,2-6,13-16,18-19H2,1H3. The van der Waals surface area contributed by atoms with E-state index in [0.717, 1.165) is 42.2 Å². The highest BCUT2D eigenvalue weighted by Crippen LogP contribution is 2.30. The summed E-state index contributed by atoms with van der Waals surface area (Å²) in [4.78, 5) is 43.6. The first kappa shape index (κ1) is 26.4. The van der Waals surface area contributed by atoms with E-state index in [9.17, 15) is 19.5 Å². The third kappa shape index (κ3) is 5.22. The molecule has 5 rings (SSSR count). The molecule has 3 aromatic rings. The van der Waals surface area contributed by atoms with E-state index in [2.05, 4.69) is 0 Å². The fraction of sp³-hybridized carbons (Fsp3) is 0.433. The fourth-order valence-corrected chi connectivity index (χ4v) is 6.01. The van der Waals surface area contributed by atoms with Crippen LogP contribution < -0.4 is 0 Å². The molecule has 1 saturated carbocycles. The Morgan fingerprint density at radius 3 is 2.24 bits per heavy atom. The lowest BCUT2D eigenvalue weighted by Crippen LogP contribution is -2.52. The topological polar surface area (TPSA) is 82.8 Å². The minimum atomic E-state index is -0.200. The Bertz CT molecular complexity index is 1350. The number of fused-ring (bicyclic) bond motifs is 1. The van der Waals surface area contributed by atoms with E-state index in [4.69, 9.17) is 11.6 Å². The number of aliphatic hydroxyl groups is 1. The van der Waals surface area contributed by atoms with Gasteiger partial charge in [0, 0.05) is 53.8 Å². The molecule has 2 amide bonds. The summed E-state index contributed by atoms with van der Waals surface area (Å²) in [6.07, 6.45) is 5.57. The molecule has 8 heteroatoms. The molecule has 2 fully saturated rings. The van der Waals surface area contributed by atoms with E-state index in [1.54, 1.807) is 34.9 Å². The first-order chi connectivity index (χ1) is 18.4. The van der Waals surface area contributed by atoms with E-state index < -0.39 is 0 Å². The molecule has 0 bridgehead atoms. The Labute approximate surface area is 228 Å². The van der Waals surface area contributed by atoms with Gasteiger partial charge in [0.15, 0.2) is 0 Å². The molecule has 200 valence electrons. The summed E-state index contributed by atoms with van der Waals surface area (Å²) in [5.74, 6) is 0.159. The van der Waals surface area contributed by atoms with Crippen molar-refractivity contribution in [3.05, 3.63) is 69.9 Å². The molecule has 0 atom stereocenters. The average molecular weight is 536 g/mol. The van der Waals surface area contributed by atoms with Gasteiger partial charge in [-0.15, -0.1) is 0 Å². The van der Waals surface area contributed by atoms with Gasteiger partial charge in [0.25, 0.3) is 5.91 Å². The van der Waals surface area contributed by atoms with E-state index in [1.807, 2.05) is 28.9 Å².